The molecule has 1 unspecified atom stereocenters. The molecule has 0 spiro atoms. The van der Waals surface area contributed by atoms with Gasteiger partial charge in [0, 0.05) is 11.1 Å². The first-order valence-corrected chi connectivity index (χ1v) is 6.18. The number of nitrogens with one attached hydrogen (secondary N) is 1. The molecule has 2 aliphatic heterocycles. The van der Waals surface area contributed by atoms with Gasteiger partial charge in [0.25, 0.3) is 0 Å². The standard InChI is InChI=1S/C13H16FNO3/c1-13(3-2-4-15-13)8-7-9-12(10(14)11(8)16)18-6-5-17-9/h7,15-16H,2-6H2,1H3. The quantitative estimate of drug-likeness (QED) is 0.802. The lowest BCUT2D eigenvalue weighted by molar-refractivity contribution is 0.161. The summed E-state index contributed by atoms with van der Waals surface area (Å²) >= 11 is 0. The molecule has 2 aliphatic rings. The minimum atomic E-state index is -0.725. The molecule has 1 saturated heterocycles. The summed E-state index contributed by atoms with van der Waals surface area (Å²) in [5.41, 5.74) is 0.141. The zero-order valence-electron chi connectivity index (χ0n) is 10.3. The number of halogens is 1. The molecule has 0 bridgehead atoms. The van der Waals surface area contributed by atoms with E-state index in [2.05, 4.69) is 5.32 Å². The number of rotatable bonds is 1. The maximum Gasteiger partial charge on any atom is 0.210 e. The Bertz CT molecular complexity index is 484. The molecule has 1 aromatic carbocycles. The third-order valence-electron chi connectivity index (χ3n) is 3.71. The molecule has 18 heavy (non-hydrogen) atoms. The highest BCUT2D eigenvalue weighted by molar-refractivity contribution is 5.54. The molecule has 0 saturated carbocycles. The maximum atomic E-state index is 14.1. The van der Waals surface area contributed by atoms with Gasteiger partial charge in [-0.05, 0) is 32.4 Å². The SMILES string of the molecule is CC1(c2cc3c(c(F)c2O)OCCO3)CCCN1. The molecule has 1 aromatic rings. The Hall–Kier alpha value is -1.49. The zero-order valence-corrected chi connectivity index (χ0v) is 10.3. The van der Waals surface area contributed by atoms with Gasteiger partial charge in [-0.2, -0.15) is 4.39 Å². The predicted octanol–water partition coefficient (Wildman–Crippen LogP) is 1.90. The molecule has 5 heteroatoms. The Morgan fingerprint density at radius 1 is 1.39 bits per heavy atom. The molecule has 2 N–H and O–H groups in total. The van der Waals surface area contributed by atoms with E-state index in [1.807, 2.05) is 6.92 Å². The van der Waals surface area contributed by atoms with Crippen molar-refractivity contribution in [3.63, 3.8) is 0 Å². The highest BCUT2D eigenvalue weighted by Crippen LogP contribution is 2.45. The van der Waals surface area contributed by atoms with Gasteiger partial charge >= 0.3 is 0 Å². The van der Waals surface area contributed by atoms with Crippen molar-refractivity contribution in [3.05, 3.63) is 17.4 Å². The van der Waals surface area contributed by atoms with Gasteiger partial charge in [-0.1, -0.05) is 0 Å². The van der Waals surface area contributed by atoms with E-state index in [1.54, 1.807) is 6.07 Å². The van der Waals surface area contributed by atoms with Crippen molar-refractivity contribution in [2.75, 3.05) is 19.8 Å². The summed E-state index contributed by atoms with van der Waals surface area (Å²) in [6.45, 7) is 3.54. The summed E-state index contributed by atoms with van der Waals surface area (Å²) in [6.07, 6.45) is 1.87. The molecule has 3 rings (SSSR count). The molecule has 0 aromatic heterocycles. The van der Waals surface area contributed by atoms with Crippen LogP contribution in [0.15, 0.2) is 6.07 Å². The number of phenols is 1. The summed E-state index contributed by atoms with van der Waals surface area (Å²) in [5.74, 6) is -0.668. The number of hydrogen-bond donors (Lipinski definition) is 2. The van der Waals surface area contributed by atoms with Crippen LogP contribution in [-0.2, 0) is 5.54 Å². The van der Waals surface area contributed by atoms with Gasteiger partial charge < -0.3 is 19.9 Å². The van der Waals surface area contributed by atoms with Gasteiger partial charge in [-0.25, -0.2) is 0 Å². The molecule has 98 valence electrons. The van der Waals surface area contributed by atoms with Crippen LogP contribution in [0.1, 0.15) is 25.3 Å². The number of phenolic OH excluding ortho intramolecular Hbond substituents is 1. The van der Waals surface area contributed by atoms with Crippen LogP contribution < -0.4 is 14.8 Å². The first kappa shape index (κ1) is 11.6. The number of hydrogen-bond acceptors (Lipinski definition) is 4. The minimum absolute atomic E-state index is 0.0177. The maximum absolute atomic E-state index is 14.1. The van der Waals surface area contributed by atoms with Crippen molar-refractivity contribution in [3.8, 4) is 17.2 Å². The van der Waals surface area contributed by atoms with E-state index in [4.69, 9.17) is 9.47 Å². The molecule has 2 heterocycles. The second-order valence-corrected chi connectivity index (χ2v) is 4.97. The van der Waals surface area contributed by atoms with E-state index in [9.17, 15) is 9.50 Å². The van der Waals surface area contributed by atoms with E-state index >= 15 is 0 Å². The van der Waals surface area contributed by atoms with Crippen molar-refractivity contribution >= 4 is 0 Å². The Labute approximate surface area is 105 Å². The van der Waals surface area contributed by atoms with Crippen molar-refractivity contribution in [1.82, 2.24) is 5.32 Å². The second kappa shape index (κ2) is 4.02. The molecular formula is C13H16FNO3. The molecule has 0 aliphatic carbocycles. The average Bonchev–Trinajstić information content (AvgIpc) is 2.82. The van der Waals surface area contributed by atoms with Crippen LogP contribution in [-0.4, -0.2) is 24.9 Å². The summed E-state index contributed by atoms with van der Waals surface area (Å²) in [5, 5.41) is 13.3. The van der Waals surface area contributed by atoms with E-state index in [0.29, 0.717) is 24.5 Å². The number of benzene rings is 1. The minimum Gasteiger partial charge on any atom is -0.504 e. The highest BCUT2D eigenvalue weighted by atomic mass is 19.1. The van der Waals surface area contributed by atoms with E-state index in [0.717, 1.165) is 19.4 Å². The average molecular weight is 253 g/mol. The topological polar surface area (TPSA) is 50.7 Å². The summed E-state index contributed by atoms with van der Waals surface area (Å²) < 4.78 is 24.7. The summed E-state index contributed by atoms with van der Waals surface area (Å²) in [7, 11) is 0. The van der Waals surface area contributed by atoms with Gasteiger partial charge in [-0.15, -0.1) is 0 Å². The summed E-state index contributed by atoms with van der Waals surface area (Å²) in [4.78, 5) is 0. The van der Waals surface area contributed by atoms with Gasteiger partial charge in [0.2, 0.25) is 11.6 Å². The molecule has 0 amide bonds. The number of aromatic hydroxyl groups is 1. The fraction of sp³-hybridized carbons (Fsp3) is 0.538. The zero-order chi connectivity index (χ0) is 12.8. The van der Waals surface area contributed by atoms with Crippen LogP contribution in [0.25, 0.3) is 0 Å². The summed E-state index contributed by atoms with van der Waals surface area (Å²) in [6, 6.07) is 1.69. The molecule has 1 fully saturated rings. The van der Waals surface area contributed by atoms with Crippen LogP contribution >= 0.6 is 0 Å². The van der Waals surface area contributed by atoms with Gasteiger partial charge in [0.1, 0.15) is 13.2 Å². The Kier molecular flexibility index (Phi) is 2.59. The van der Waals surface area contributed by atoms with E-state index < -0.39 is 11.4 Å². The van der Waals surface area contributed by atoms with Crippen LogP contribution in [0.2, 0.25) is 0 Å². The predicted molar refractivity (Wildman–Crippen MR) is 63.6 cm³/mol. The third kappa shape index (κ3) is 1.61. The van der Waals surface area contributed by atoms with Crippen LogP contribution in [0.5, 0.6) is 17.2 Å². The molecule has 1 atom stereocenters. The molecular weight excluding hydrogens is 237 g/mol. The monoisotopic (exact) mass is 253 g/mol. The van der Waals surface area contributed by atoms with Crippen LogP contribution in [0.3, 0.4) is 0 Å². The Balaban J connectivity index is 2.13. The van der Waals surface area contributed by atoms with Crippen molar-refractivity contribution in [1.29, 1.82) is 0 Å². The van der Waals surface area contributed by atoms with E-state index in [-0.39, 0.29) is 11.5 Å². The second-order valence-electron chi connectivity index (χ2n) is 4.97. The van der Waals surface area contributed by atoms with Crippen LogP contribution in [0.4, 0.5) is 4.39 Å². The lowest BCUT2D eigenvalue weighted by Gasteiger charge is -2.28. The van der Waals surface area contributed by atoms with Gasteiger partial charge in [0.15, 0.2) is 11.5 Å². The lowest BCUT2D eigenvalue weighted by atomic mass is 9.89. The lowest BCUT2D eigenvalue weighted by Crippen LogP contribution is -2.33. The van der Waals surface area contributed by atoms with Gasteiger partial charge in [-0.3, -0.25) is 0 Å². The number of ether oxygens (including phenoxy) is 2. The normalized spacial score (nSPS) is 26.3. The third-order valence-corrected chi connectivity index (χ3v) is 3.71. The first-order chi connectivity index (χ1) is 8.62. The van der Waals surface area contributed by atoms with E-state index in [1.165, 1.54) is 0 Å². The Morgan fingerprint density at radius 2 is 2.17 bits per heavy atom. The first-order valence-electron chi connectivity index (χ1n) is 6.18. The fourth-order valence-electron chi connectivity index (χ4n) is 2.68. The smallest absolute Gasteiger partial charge is 0.210 e. The molecule has 4 nitrogen and oxygen atoms in total. The van der Waals surface area contributed by atoms with Crippen LogP contribution in [0, 0.1) is 5.82 Å². The largest absolute Gasteiger partial charge is 0.504 e. The van der Waals surface area contributed by atoms with Crippen molar-refractivity contribution in [2.45, 2.75) is 25.3 Å². The fourth-order valence-corrected chi connectivity index (χ4v) is 2.68. The van der Waals surface area contributed by atoms with Crippen molar-refractivity contribution in [2.24, 2.45) is 0 Å². The van der Waals surface area contributed by atoms with Gasteiger partial charge in [0.05, 0.1) is 0 Å². The highest BCUT2D eigenvalue weighted by Gasteiger charge is 2.36. The number of fused-ring (bicyclic) bond motifs is 1. The van der Waals surface area contributed by atoms with Crippen molar-refractivity contribution < 1.29 is 19.0 Å². The Morgan fingerprint density at radius 3 is 2.89 bits per heavy atom. The molecule has 0 radical (unpaired) electrons.